The Morgan fingerprint density at radius 3 is 2.45 bits per heavy atom. The van der Waals surface area contributed by atoms with Gasteiger partial charge in [-0.3, -0.25) is 9.59 Å². The number of anilines is 1. The zero-order valence-corrected chi connectivity index (χ0v) is 18.0. The summed E-state index contributed by atoms with van der Waals surface area (Å²) >= 11 is 0. The van der Waals surface area contributed by atoms with E-state index in [1.807, 2.05) is 0 Å². The Bertz CT molecular complexity index is 1190. The number of halogens is 3. The quantitative estimate of drug-likeness (QED) is 0.539. The van der Waals surface area contributed by atoms with Crippen LogP contribution < -0.4 is 20.3 Å². The largest absolute Gasteiger partial charge is 0.493 e. The predicted octanol–water partition coefficient (Wildman–Crippen LogP) is 4.37. The lowest BCUT2D eigenvalue weighted by Crippen LogP contribution is -2.23. The van der Waals surface area contributed by atoms with E-state index in [4.69, 9.17) is 9.47 Å². The number of alkyl halides is 3. The number of hydrogen-bond donors (Lipinski definition) is 1. The van der Waals surface area contributed by atoms with Crippen LogP contribution in [0.3, 0.4) is 0 Å². The first kappa shape index (κ1) is 23.8. The highest BCUT2D eigenvalue weighted by Crippen LogP contribution is 2.34. The van der Waals surface area contributed by atoms with Crippen molar-refractivity contribution in [3.63, 3.8) is 0 Å². The van der Waals surface area contributed by atoms with Crippen molar-refractivity contribution in [3.8, 4) is 22.8 Å². The average Bonchev–Trinajstić information content (AvgIpc) is 2.79. The Balaban J connectivity index is 1.67. The lowest BCUT2D eigenvalue weighted by Gasteiger charge is -2.13. The van der Waals surface area contributed by atoms with Crippen molar-refractivity contribution in [3.05, 3.63) is 70.5 Å². The third kappa shape index (κ3) is 5.91. The van der Waals surface area contributed by atoms with E-state index in [1.165, 1.54) is 43.2 Å². The first-order chi connectivity index (χ1) is 15.7. The fourth-order valence-corrected chi connectivity index (χ4v) is 3.20. The van der Waals surface area contributed by atoms with Crippen molar-refractivity contribution in [1.29, 1.82) is 0 Å². The molecule has 0 atom stereocenters. The second-order valence-corrected chi connectivity index (χ2v) is 7.04. The second kappa shape index (κ2) is 10.2. The summed E-state index contributed by atoms with van der Waals surface area (Å²) in [4.78, 5) is 24.4. The molecule has 3 aromatic rings. The number of nitrogens with one attached hydrogen (secondary N) is 1. The van der Waals surface area contributed by atoms with Gasteiger partial charge in [0.05, 0.1) is 31.2 Å². The highest BCUT2D eigenvalue weighted by atomic mass is 19.4. The molecule has 10 heteroatoms. The molecule has 0 spiro atoms. The molecule has 1 heterocycles. The van der Waals surface area contributed by atoms with Gasteiger partial charge in [-0.15, -0.1) is 0 Å². The molecule has 0 aliphatic heterocycles. The SMILES string of the molecule is COc1ccc(-c2ccc(=O)n(CCCC(=O)Nc3ccccc3C(F)(F)F)n2)cc1OC. The van der Waals surface area contributed by atoms with Crippen molar-refractivity contribution in [2.24, 2.45) is 0 Å². The molecule has 0 saturated heterocycles. The molecule has 0 fully saturated rings. The van der Waals surface area contributed by atoms with Gasteiger partial charge < -0.3 is 14.8 Å². The molecule has 0 aliphatic carbocycles. The number of benzene rings is 2. The normalized spacial score (nSPS) is 11.2. The van der Waals surface area contributed by atoms with Gasteiger partial charge in [-0.25, -0.2) is 4.68 Å². The molecule has 0 bridgehead atoms. The van der Waals surface area contributed by atoms with Crippen LogP contribution >= 0.6 is 0 Å². The van der Waals surface area contributed by atoms with E-state index in [-0.39, 0.29) is 30.6 Å². The Morgan fingerprint density at radius 2 is 1.76 bits per heavy atom. The lowest BCUT2D eigenvalue weighted by molar-refractivity contribution is -0.137. The van der Waals surface area contributed by atoms with Gasteiger partial charge in [0.25, 0.3) is 5.56 Å². The average molecular weight is 461 g/mol. The fourth-order valence-electron chi connectivity index (χ4n) is 3.20. The van der Waals surface area contributed by atoms with E-state index in [1.54, 1.807) is 24.3 Å². The number of carbonyl (C=O) groups is 1. The first-order valence-corrected chi connectivity index (χ1v) is 9.99. The third-order valence-electron chi connectivity index (χ3n) is 4.83. The van der Waals surface area contributed by atoms with Crippen molar-refractivity contribution in [2.45, 2.75) is 25.6 Å². The number of methoxy groups -OCH3 is 2. The molecule has 0 radical (unpaired) electrons. The summed E-state index contributed by atoms with van der Waals surface area (Å²) in [6.07, 6.45) is -4.45. The number of aryl methyl sites for hydroxylation is 1. The van der Waals surface area contributed by atoms with Crippen LogP contribution in [0.15, 0.2) is 59.4 Å². The third-order valence-corrected chi connectivity index (χ3v) is 4.83. The molecular weight excluding hydrogens is 439 g/mol. The molecular formula is C23H22F3N3O4. The van der Waals surface area contributed by atoms with Gasteiger partial charge in [0, 0.05) is 24.6 Å². The molecule has 1 aromatic heterocycles. The van der Waals surface area contributed by atoms with Crippen molar-refractivity contribution in [2.75, 3.05) is 19.5 Å². The number of carbonyl (C=O) groups excluding carboxylic acids is 1. The minimum absolute atomic E-state index is 0.0824. The lowest BCUT2D eigenvalue weighted by atomic mass is 10.1. The molecule has 174 valence electrons. The molecule has 0 saturated carbocycles. The zero-order chi connectivity index (χ0) is 24.0. The minimum atomic E-state index is -4.58. The summed E-state index contributed by atoms with van der Waals surface area (Å²) < 4.78 is 50.9. The van der Waals surface area contributed by atoms with Gasteiger partial charge in [0.15, 0.2) is 11.5 Å². The highest BCUT2D eigenvalue weighted by molar-refractivity contribution is 5.91. The van der Waals surface area contributed by atoms with Crippen LogP contribution in [-0.4, -0.2) is 29.9 Å². The van der Waals surface area contributed by atoms with Crippen molar-refractivity contribution in [1.82, 2.24) is 9.78 Å². The summed E-state index contributed by atoms with van der Waals surface area (Å²) in [5, 5.41) is 6.61. The van der Waals surface area contributed by atoms with E-state index in [9.17, 15) is 22.8 Å². The molecule has 33 heavy (non-hydrogen) atoms. The highest BCUT2D eigenvalue weighted by Gasteiger charge is 2.33. The van der Waals surface area contributed by atoms with Crippen LogP contribution in [0.1, 0.15) is 18.4 Å². The van der Waals surface area contributed by atoms with Gasteiger partial charge in [-0.1, -0.05) is 12.1 Å². The molecule has 0 unspecified atom stereocenters. The second-order valence-electron chi connectivity index (χ2n) is 7.04. The van der Waals surface area contributed by atoms with E-state index >= 15 is 0 Å². The van der Waals surface area contributed by atoms with Crippen molar-refractivity contribution >= 4 is 11.6 Å². The smallest absolute Gasteiger partial charge is 0.418 e. The van der Waals surface area contributed by atoms with Crippen LogP contribution in [0.2, 0.25) is 0 Å². The zero-order valence-electron chi connectivity index (χ0n) is 18.0. The molecule has 3 rings (SSSR count). The predicted molar refractivity (Wildman–Crippen MR) is 116 cm³/mol. The number of rotatable bonds is 8. The van der Waals surface area contributed by atoms with Crippen LogP contribution in [0.5, 0.6) is 11.5 Å². The number of para-hydroxylation sites is 1. The van der Waals surface area contributed by atoms with Gasteiger partial charge in [-0.05, 0) is 42.8 Å². The molecule has 0 aliphatic rings. The summed E-state index contributed by atoms with van der Waals surface area (Å²) in [7, 11) is 3.03. The summed E-state index contributed by atoms with van der Waals surface area (Å²) in [6.45, 7) is 0.119. The van der Waals surface area contributed by atoms with E-state index in [0.717, 1.165) is 6.07 Å². The maximum absolute atomic E-state index is 13.1. The Labute approximate surface area is 187 Å². The van der Waals surface area contributed by atoms with Gasteiger partial charge >= 0.3 is 6.18 Å². The van der Waals surface area contributed by atoms with Crippen LogP contribution in [0.25, 0.3) is 11.3 Å². The number of aromatic nitrogens is 2. The van der Waals surface area contributed by atoms with Crippen LogP contribution in [0, 0.1) is 0 Å². The topological polar surface area (TPSA) is 82.5 Å². The maximum atomic E-state index is 13.1. The summed E-state index contributed by atoms with van der Waals surface area (Å²) in [6, 6.07) is 12.9. The number of ether oxygens (including phenoxy) is 2. The Morgan fingerprint density at radius 1 is 1.03 bits per heavy atom. The number of hydrogen-bond acceptors (Lipinski definition) is 5. The molecule has 2 aromatic carbocycles. The van der Waals surface area contributed by atoms with Gasteiger partial charge in [0.2, 0.25) is 5.91 Å². The molecule has 7 nitrogen and oxygen atoms in total. The monoisotopic (exact) mass is 461 g/mol. The first-order valence-electron chi connectivity index (χ1n) is 9.99. The number of amides is 1. The number of nitrogens with zero attached hydrogens (tertiary/aromatic N) is 2. The fraction of sp³-hybridized carbons (Fsp3) is 0.261. The van der Waals surface area contributed by atoms with Gasteiger partial charge in [0.1, 0.15) is 0 Å². The van der Waals surface area contributed by atoms with Crippen molar-refractivity contribution < 1.29 is 27.4 Å². The van der Waals surface area contributed by atoms with E-state index in [2.05, 4.69) is 10.4 Å². The summed E-state index contributed by atoms with van der Waals surface area (Å²) in [5.74, 6) is 0.467. The van der Waals surface area contributed by atoms with Crippen LogP contribution in [-0.2, 0) is 17.5 Å². The Kier molecular flexibility index (Phi) is 7.37. The maximum Gasteiger partial charge on any atom is 0.418 e. The molecule has 1 amide bonds. The van der Waals surface area contributed by atoms with E-state index < -0.39 is 17.6 Å². The van der Waals surface area contributed by atoms with Gasteiger partial charge in [-0.2, -0.15) is 18.3 Å². The van der Waals surface area contributed by atoms with Crippen LogP contribution in [0.4, 0.5) is 18.9 Å². The minimum Gasteiger partial charge on any atom is -0.493 e. The van der Waals surface area contributed by atoms with E-state index in [0.29, 0.717) is 22.8 Å². The molecule has 1 N–H and O–H groups in total. The standard InChI is InChI=1S/C23H22F3N3O4/c1-32-19-11-9-15(14-20(19)33-2)17-10-12-22(31)29(28-17)13-5-8-21(30)27-18-7-4-3-6-16(18)23(24,25)26/h3-4,6-7,9-12,14H,5,8,13H2,1-2H3,(H,27,30). The summed E-state index contributed by atoms with van der Waals surface area (Å²) in [5.41, 5.74) is -0.372. The Hall–Kier alpha value is -3.82.